The summed E-state index contributed by atoms with van der Waals surface area (Å²) in [5, 5.41) is 13.2. The van der Waals surface area contributed by atoms with Gasteiger partial charge in [0.2, 0.25) is 0 Å². The summed E-state index contributed by atoms with van der Waals surface area (Å²) in [7, 11) is 1.72. The number of benzene rings is 1. The van der Waals surface area contributed by atoms with Crippen LogP contribution in [0.15, 0.2) is 24.4 Å². The lowest BCUT2D eigenvalue weighted by molar-refractivity contribution is 0.0690. The lowest BCUT2D eigenvalue weighted by Crippen LogP contribution is -2.09. The Morgan fingerprint density at radius 1 is 1.42 bits per heavy atom. The zero-order valence-corrected chi connectivity index (χ0v) is 10.6. The summed E-state index contributed by atoms with van der Waals surface area (Å²) in [5.41, 5.74) is 4.05. The van der Waals surface area contributed by atoms with E-state index in [2.05, 4.69) is 5.10 Å². The van der Waals surface area contributed by atoms with Crippen molar-refractivity contribution in [3.63, 3.8) is 0 Å². The van der Waals surface area contributed by atoms with E-state index in [9.17, 15) is 9.90 Å². The van der Waals surface area contributed by atoms with Gasteiger partial charge in [0, 0.05) is 18.8 Å². The third-order valence-corrected chi connectivity index (χ3v) is 3.32. The first-order valence-corrected chi connectivity index (χ1v) is 6.12. The lowest BCUT2D eigenvalue weighted by Gasteiger charge is -2.17. The molecule has 1 N–H and O–H groups in total. The van der Waals surface area contributed by atoms with Crippen LogP contribution in [0.4, 0.5) is 0 Å². The molecule has 2 heterocycles. The second-order valence-corrected chi connectivity index (χ2v) is 4.66. The molecular weight excluding hydrogens is 244 g/mol. The van der Waals surface area contributed by atoms with Crippen molar-refractivity contribution in [3.8, 4) is 11.1 Å². The summed E-state index contributed by atoms with van der Waals surface area (Å²) < 4.78 is 6.93. The molecule has 2 aromatic rings. The van der Waals surface area contributed by atoms with Crippen LogP contribution in [-0.4, -0.2) is 27.5 Å². The van der Waals surface area contributed by atoms with Gasteiger partial charge in [-0.15, -0.1) is 0 Å². The van der Waals surface area contributed by atoms with Gasteiger partial charge < -0.3 is 9.84 Å². The summed E-state index contributed by atoms with van der Waals surface area (Å²) in [6, 6.07) is 5.97. The van der Waals surface area contributed by atoms with Crippen molar-refractivity contribution in [3.05, 3.63) is 41.2 Å². The maximum Gasteiger partial charge on any atom is 0.357 e. The van der Waals surface area contributed by atoms with Crippen molar-refractivity contribution < 1.29 is 14.6 Å². The Kier molecular flexibility index (Phi) is 2.83. The number of nitrogens with zero attached hydrogens (tertiary/aromatic N) is 2. The molecule has 98 valence electrons. The highest BCUT2D eigenvalue weighted by Gasteiger charge is 2.18. The van der Waals surface area contributed by atoms with Crippen molar-refractivity contribution in [1.29, 1.82) is 0 Å². The predicted octanol–water partition coefficient (Wildman–Crippen LogP) is 1.86. The van der Waals surface area contributed by atoms with Crippen molar-refractivity contribution in [2.24, 2.45) is 7.05 Å². The van der Waals surface area contributed by atoms with Crippen LogP contribution in [0.25, 0.3) is 11.1 Å². The normalized spacial score (nSPS) is 14.2. The van der Waals surface area contributed by atoms with Crippen molar-refractivity contribution >= 4 is 5.97 Å². The van der Waals surface area contributed by atoms with Crippen LogP contribution in [0.2, 0.25) is 0 Å². The summed E-state index contributed by atoms with van der Waals surface area (Å²) in [5.74, 6) is -1.00. The van der Waals surface area contributed by atoms with Gasteiger partial charge in [0.1, 0.15) is 0 Å². The van der Waals surface area contributed by atoms with Gasteiger partial charge >= 0.3 is 5.97 Å². The molecular formula is C14H14N2O3. The van der Waals surface area contributed by atoms with Gasteiger partial charge in [0.15, 0.2) is 5.69 Å². The van der Waals surface area contributed by atoms with Crippen LogP contribution in [0.1, 0.15) is 21.6 Å². The average molecular weight is 258 g/mol. The van der Waals surface area contributed by atoms with Gasteiger partial charge in [-0.1, -0.05) is 18.2 Å². The molecule has 3 rings (SSSR count). The van der Waals surface area contributed by atoms with E-state index in [0.29, 0.717) is 12.2 Å². The molecule has 1 aliphatic rings. The Bertz CT molecular complexity index is 646. The van der Waals surface area contributed by atoms with Crippen molar-refractivity contribution in [2.45, 2.75) is 13.0 Å². The fraction of sp³-hybridized carbons (Fsp3) is 0.286. The average Bonchev–Trinajstić information content (AvgIpc) is 2.80. The molecule has 0 saturated carbocycles. The van der Waals surface area contributed by atoms with E-state index in [1.54, 1.807) is 13.2 Å². The van der Waals surface area contributed by atoms with Crippen LogP contribution in [0.3, 0.4) is 0 Å². The Hall–Kier alpha value is -2.14. The molecule has 0 radical (unpaired) electrons. The fourth-order valence-electron chi connectivity index (χ4n) is 2.39. The minimum absolute atomic E-state index is 0.0921. The number of carbonyl (C=O) groups is 1. The van der Waals surface area contributed by atoms with Gasteiger partial charge in [-0.05, 0) is 23.1 Å². The van der Waals surface area contributed by atoms with Crippen molar-refractivity contribution in [1.82, 2.24) is 9.78 Å². The van der Waals surface area contributed by atoms with Crippen LogP contribution >= 0.6 is 0 Å². The van der Waals surface area contributed by atoms with E-state index < -0.39 is 5.97 Å². The number of hydrogen-bond acceptors (Lipinski definition) is 3. The molecule has 0 aliphatic carbocycles. The van der Waals surface area contributed by atoms with Gasteiger partial charge in [0.05, 0.1) is 13.2 Å². The maximum atomic E-state index is 11.2. The first-order valence-electron chi connectivity index (χ1n) is 6.12. The predicted molar refractivity (Wildman–Crippen MR) is 69.0 cm³/mol. The molecule has 0 spiro atoms. The number of ether oxygens (including phenoxy) is 1. The van der Waals surface area contributed by atoms with E-state index in [0.717, 1.165) is 18.6 Å². The second kappa shape index (κ2) is 4.51. The van der Waals surface area contributed by atoms with Crippen LogP contribution < -0.4 is 0 Å². The Labute approximate surface area is 110 Å². The van der Waals surface area contributed by atoms with Gasteiger partial charge in [-0.25, -0.2) is 4.79 Å². The van der Waals surface area contributed by atoms with E-state index >= 15 is 0 Å². The Balaban J connectivity index is 2.09. The Morgan fingerprint density at radius 2 is 2.26 bits per heavy atom. The monoisotopic (exact) mass is 258 g/mol. The van der Waals surface area contributed by atoms with E-state index in [-0.39, 0.29) is 5.69 Å². The third-order valence-electron chi connectivity index (χ3n) is 3.32. The van der Waals surface area contributed by atoms with E-state index in [4.69, 9.17) is 4.74 Å². The molecule has 1 aromatic heterocycles. The maximum absolute atomic E-state index is 11.2. The van der Waals surface area contributed by atoms with E-state index in [1.807, 2.05) is 18.2 Å². The number of aryl methyl sites for hydroxylation is 1. The minimum atomic E-state index is -1.00. The number of carboxylic acid groups (broad SMARTS) is 1. The summed E-state index contributed by atoms with van der Waals surface area (Å²) >= 11 is 0. The molecule has 0 fully saturated rings. The summed E-state index contributed by atoms with van der Waals surface area (Å²) in [6.07, 6.45) is 2.61. The van der Waals surface area contributed by atoms with Crippen LogP contribution in [0.5, 0.6) is 0 Å². The van der Waals surface area contributed by atoms with E-state index in [1.165, 1.54) is 15.8 Å². The van der Waals surface area contributed by atoms with Crippen LogP contribution in [0, 0.1) is 0 Å². The quantitative estimate of drug-likeness (QED) is 0.893. The first kappa shape index (κ1) is 11.9. The van der Waals surface area contributed by atoms with Gasteiger partial charge in [-0.2, -0.15) is 5.10 Å². The number of hydrogen-bond donors (Lipinski definition) is 1. The standard InChI is InChI=1S/C14H14N2O3/c1-16-7-12(13(15-16)14(17)18)10-2-3-11-8-19-5-4-9(11)6-10/h2-3,6-7H,4-5,8H2,1H3,(H,17,18). The van der Waals surface area contributed by atoms with Gasteiger partial charge in [-0.3, -0.25) is 4.68 Å². The highest BCUT2D eigenvalue weighted by molar-refractivity contribution is 5.93. The number of rotatable bonds is 2. The molecule has 0 bridgehead atoms. The highest BCUT2D eigenvalue weighted by atomic mass is 16.5. The van der Waals surface area contributed by atoms with Crippen molar-refractivity contribution in [2.75, 3.05) is 6.61 Å². The number of fused-ring (bicyclic) bond motifs is 1. The zero-order valence-electron chi connectivity index (χ0n) is 10.6. The molecule has 0 unspecified atom stereocenters. The lowest BCUT2D eigenvalue weighted by atomic mass is 9.97. The largest absolute Gasteiger partial charge is 0.476 e. The molecule has 19 heavy (non-hydrogen) atoms. The van der Waals surface area contributed by atoms with Crippen LogP contribution in [-0.2, 0) is 24.8 Å². The number of carboxylic acids is 1. The molecule has 0 saturated heterocycles. The molecule has 1 aromatic carbocycles. The molecule has 0 amide bonds. The fourth-order valence-corrected chi connectivity index (χ4v) is 2.39. The number of aromatic nitrogens is 2. The molecule has 5 heteroatoms. The van der Waals surface area contributed by atoms with Gasteiger partial charge in [0.25, 0.3) is 0 Å². The first-order chi connectivity index (χ1) is 9.15. The molecule has 5 nitrogen and oxygen atoms in total. The molecule has 0 atom stereocenters. The highest BCUT2D eigenvalue weighted by Crippen LogP contribution is 2.27. The smallest absolute Gasteiger partial charge is 0.357 e. The Morgan fingerprint density at radius 3 is 3.05 bits per heavy atom. The SMILES string of the molecule is Cn1cc(-c2ccc3c(c2)CCOC3)c(C(=O)O)n1. The second-order valence-electron chi connectivity index (χ2n) is 4.66. The number of aromatic carboxylic acids is 1. The molecule has 1 aliphatic heterocycles. The summed E-state index contributed by atoms with van der Waals surface area (Å²) in [4.78, 5) is 11.2. The third kappa shape index (κ3) is 2.13. The topological polar surface area (TPSA) is 64.3 Å². The minimum Gasteiger partial charge on any atom is -0.476 e. The summed E-state index contributed by atoms with van der Waals surface area (Å²) in [6.45, 7) is 1.35. The zero-order chi connectivity index (χ0) is 13.4.